The number of hydrogen-bond donors (Lipinski definition) is 2. The third kappa shape index (κ3) is 3.17. The van der Waals surface area contributed by atoms with Crippen molar-refractivity contribution in [3.63, 3.8) is 0 Å². The normalized spacial score (nSPS) is 26.0. The maximum atomic E-state index is 14.0. The van der Waals surface area contributed by atoms with Gasteiger partial charge >= 0.3 is 5.97 Å². The van der Waals surface area contributed by atoms with Gasteiger partial charge in [-0.05, 0) is 56.0 Å². The van der Waals surface area contributed by atoms with E-state index in [0.717, 1.165) is 11.3 Å². The van der Waals surface area contributed by atoms with Gasteiger partial charge in [0.2, 0.25) is 0 Å². The van der Waals surface area contributed by atoms with Crippen LogP contribution in [0.5, 0.6) is 5.75 Å². The van der Waals surface area contributed by atoms with Crippen molar-refractivity contribution in [3.8, 4) is 11.4 Å². The second kappa shape index (κ2) is 7.68. The topological polar surface area (TPSA) is 71.7 Å². The molecule has 2 aliphatic rings. The number of hydrogen-bond acceptors (Lipinski definition) is 3. The molecule has 5 rings (SSSR count). The minimum absolute atomic E-state index is 0.0142. The smallest absolute Gasteiger partial charge is 0.312 e. The minimum Gasteiger partial charge on any atom is -0.507 e. The number of carboxylic acids is 1. The maximum Gasteiger partial charge on any atom is 0.312 e. The van der Waals surface area contributed by atoms with Gasteiger partial charge in [-0.15, -0.1) is 0 Å². The molecular formula is C26H26ClF2NO4. The fourth-order valence-electron chi connectivity index (χ4n) is 5.69. The number of benzene rings is 2. The van der Waals surface area contributed by atoms with Crippen LogP contribution in [0.4, 0.5) is 8.78 Å². The lowest BCUT2D eigenvalue weighted by atomic mass is 9.64. The van der Waals surface area contributed by atoms with E-state index in [0.29, 0.717) is 36.0 Å². The molecule has 2 heterocycles. The second-order valence-electron chi connectivity index (χ2n) is 10.2. The zero-order valence-corrected chi connectivity index (χ0v) is 19.8. The molecule has 1 fully saturated rings. The van der Waals surface area contributed by atoms with Gasteiger partial charge in [-0.1, -0.05) is 31.5 Å². The number of alkyl halides is 1. The molecule has 1 saturated carbocycles. The van der Waals surface area contributed by atoms with Crippen molar-refractivity contribution < 1.29 is 28.5 Å². The monoisotopic (exact) mass is 489 g/mol. The summed E-state index contributed by atoms with van der Waals surface area (Å²) in [5.41, 5.74) is 0.252. The number of halogens is 3. The zero-order valence-electron chi connectivity index (χ0n) is 19.0. The van der Waals surface area contributed by atoms with Crippen LogP contribution in [0, 0.1) is 11.2 Å². The highest BCUT2D eigenvalue weighted by Gasteiger charge is 2.54. The molecule has 1 aliphatic carbocycles. The SMILES string of the molecule is CC1(C)COC2(CCC(CF)(C(=O)O)CC2)c2c1n(-c1ccc(F)c(Cl)c1)c1cccc(O)c21. The van der Waals surface area contributed by atoms with Crippen LogP contribution in [0.15, 0.2) is 36.4 Å². The van der Waals surface area contributed by atoms with Crippen LogP contribution < -0.4 is 0 Å². The Morgan fingerprint density at radius 3 is 2.50 bits per heavy atom. The van der Waals surface area contributed by atoms with Crippen LogP contribution in [-0.4, -0.2) is 34.0 Å². The molecule has 2 N–H and O–H groups in total. The molecule has 0 radical (unpaired) electrons. The molecule has 34 heavy (non-hydrogen) atoms. The summed E-state index contributed by atoms with van der Waals surface area (Å²) in [6, 6.07) is 9.72. The lowest BCUT2D eigenvalue weighted by Gasteiger charge is -2.49. The number of aromatic nitrogens is 1. The number of phenolic OH excluding ortho intramolecular Hbond substituents is 1. The average Bonchev–Trinajstić information content (AvgIpc) is 3.18. The Labute approximate surface area is 200 Å². The quantitative estimate of drug-likeness (QED) is 0.456. The predicted molar refractivity (Wildman–Crippen MR) is 125 cm³/mol. The van der Waals surface area contributed by atoms with Crippen molar-refractivity contribution in [2.75, 3.05) is 13.3 Å². The third-order valence-electron chi connectivity index (χ3n) is 7.66. The molecule has 0 amide bonds. The van der Waals surface area contributed by atoms with Crippen molar-refractivity contribution in [2.24, 2.45) is 5.41 Å². The van der Waals surface area contributed by atoms with Gasteiger partial charge in [-0.25, -0.2) is 8.78 Å². The van der Waals surface area contributed by atoms with E-state index in [2.05, 4.69) is 0 Å². The number of rotatable bonds is 3. The zero-order chi connectivity index (χ0) is 24.5. The summed E-state index contributed by atoms with van der Waals surface area (Å²) in [5.74, 6) is -1.59. The first-order valence-corrected chi connectivity index (χ1v) is 11.7. The number of aromatic hydroxyl groups is 1. The second-order valence-corrected chi connectivity index (χ2v) is 10.6. The van der Waals surface area contributed by atoms with E-state index in [4.69, 9.17) is 16.3 Å². The standard InChI is InChI=1S/C26H26ClF2NO4/c1-24(2)14-34-26(10-8-25(13-28,9-11-26)23(32)33)21-20-18(4-3-5-19(20)31)30(22(21)24)15-6-7-17(29)16(27)12-15/h3-7,12,31H,8-11,13-14H2,1-2H3,(H,32,33). The summed E-state index contributed by atoms with van der Waals surface area (Å²) in [4.78, 5) is 11.9. The summed E-state index contributed by atoms with van der Waals surface area (Å²) in [6.45, 7) is 3.48. The molecule has 0 saturated heterocycles. The number of carboxylic acid groups (broad SMARTS) is 1. The van der Waals surface area contributed by atoms with Crippen LogP contribution in [-0.2, 0) is 20.5 Å². The van der Waals surface area contributed by atoms with E-state index in [9.17, 15) is 23.8 Å². The predicted octanol–water partition coefficient (Wildman–Crippen LogP) is 6.25. The Balaban J connectivity index is 1.80. The number of aliphatic carboxylic acids is 1. The van der Waals surface area contributed by atoms with Gasteiger partial charge in [-0.2, -0.15) is 0 Å². The first-order valence-electron chi connectivity index (χ1n) is 11.3. The van der Waals surface area contributed by atoms with Crippen molar-refractivity contribution in [1.82, 2.24) is 4.57 Å². The number of phenols is 1. The van der Waals surface area contributed by atoms with Crippen molar-refractivity contribution in [3.05, 3.63) is 58.5 Å². The third-order valence-corrected chi connectivity index (χ3v) is 7.95. The number of ether oxygens (including phenoxy) is 1. The van der Waals surface area contributed by atoms with E-state index in [1.807, 2.05) is 24.5 Å². The van der Waals surface area contributed by atoms with Crippen molar-refractivity contribution in [2.45, 2.75) is 50.5 Å². The molecule has 1 aromatic heterocycles. The summed E-state index contributed by atoms with van der Waals surface area (Å²) < 4.78 is 36.3. The van der Waals surface area contributed by atoms with Gasteiger partial charge < -0.3 is 19.5 Å². The first kappa shape index (κ1) is 23.1. The van der Waals surface area contributed by atoms with Gasteiger partial charge in [0, 0.05) is 27.7 Å². The highest BCUT2D eigenvalue weighted by atomic mass is 35.5. The molecule has 2 aromatic carbocycles. The molecule has 180 valence electrons. The molecule has 3 aromatic rings. The van der Waals surface area contributed by atoms with E-state index >= 15 is 0 Å². The van der Waals surface area contributed by atoms with E-state index in [-0.39, 0.29) is 23.6 Å². The molecule has 8 heteroatoms. The highest BCUT2D eigenvalue weighted by molar-refractivity contribution is 6.30. The molecule has 0 atom stereocenters. The fraction of sp³-hybridized carbons (Fsp3) is 0.423. The Hall–Kier alpha value is -2.64. The van der Waals surface area contributed by atoms with Gasteiger partial charge in [0.25, 0.3) is 0 Å². The number of nitrogens with zero attached hydrogens (tertiary/aromatic N) is 1. The van der Waals surface area contributed by atoms with E-state index in [1.165, 1.54) is 6.07 Å². The van der Waals surface area contributed by atoms with Crippen LogP contribution >= 0.6 is 11.6 Å². The van der Waals surface area contributed by atoms with Crippen LogP contribution in [0.1, 0.15) is 50.8 Å². The highest BCUT2D eigenvalue weighted by Crippen LogP contribution is 2.57. The lowest BCUT2D eigenvalue weighted by molar-refractivity contribution is -0.163. The van der Waals surface area contributed by atoms with Crippen LogP contribution in [0.2, 0.25) is 5.02 Å². The van der Waals surface area contributed by atoms with Crippen molar-refractivity contribution in [1.29, 1.82) is 0 Å². The van der Waals surface area contributed by atoms with E-state index in [1.54, 1.807) is 24.3 Å². The Morgan fingerprint density at radius 1 is 1.18 bits per heavy atom. The molecule has 1 spiro atoms. The van der Waals surface area contributed by atoms with E-state index < -0.39 is 34.9 Å². The fourth-order valence-corrected chi connectivity index (χ4v) is 5.86. The van der Waals surface area contributed by atoms with Gasteiger partial charge in [0.15, 0.2) is 0 Å². The minimum atomic E-state index is -1.42. The van der Waals surface area contributed by atoms with Gasteiger partial charge in [-0.3, -0.25) is 4.79 Å². The molecular weight excluding hydrogens is 464 g/mol. The summed E-state index contributed by atoms with van der Waals surface area (Å²) in [7, 11) is 0. The van der Waals surface area contributed by atoms with Gasteiger partial charge in [0.1, 0.15) is 18.2 Å². The Bertz CT molecular complexity index is 1310. The van der Waals surface area contributed by atoms with Crippen LogP contribution in [0.3, 0.4) is 0 Å². The number of carbonyl (C=O) groups is 1. The summed E-state index contributed by atoms with van der Waals surface area (Å²) >= 11 is 6.13. The molecule has 5 nitrogen and oxygen atoms in total. The Morgan fingerprint density at radius 2 is 1.88 bits per heavy atom. The average molecular weight is 490 g/mol. The lowest BCUT2D eigenvalue weighted by Crippen LogP contribution is -2.49. The van der Waals surface area contributed by atoms with Gasteiger partial charge in [0.05, 0.1) is 28.2 Å². The maximum absolute atomic E-state index is 14.0. The summed E-state index contributed by atoms with van der Waals surface area (Å²) in [5, 5.41) is 21.3. The number of fused-ring (bicyclic) bond motifs is 4. The molecule has 0 unspecified atom stereocenters. The Kier molecular flexibility index (Phi) is 5.22. The first-order chi connectivity index (χ1) is 16.1. The van der Waals surface area contributed by atoms with Crippen LogP contribution in [0.25, 0.3) is 16.6 Å². The summed E-state index contributed by atoms with van der Waals surface area (Å²) in [6.07, 6.45) is 0.872. The van der Waals surface area contributed by atoms with Crippen molar-refractivity contribution >= 4 is 28.5 Å². The molecule has 0 bridgehead atoms. The molecule has 1 aliphatic heterocycles. The largest absolute Gasteiger partial charge is 0.507 e.